The number of likely N-dealkylation sites (N-methyl/N-ethyl adjacent to an activating group) is 1. The zero-order valence-electron chi connectivity index (χ0n) is 11.5. The van der Waals surface area contributed by atoms with E-state index in [-0.39, 0.29) is 24.0 Å². The molecule has 0 radical (unpaired) electrons. The van der Waals surface area contributed by atoms with Gasteiger partial charge >= 0.3 is 0 Å². The third-order valence-corrected chi connectivity index (χ3v) is 3.88. The number of β-amino-alcohol motifs (C(OH)–C–C–N with tert-alkyl or cyclic N) is 1. The molecule has 0 aromatic rings. The molecule has 2 saturated heterocycles. The maximum Gasteiger partial charge on any atom is 0.252 e. The van der Waals surface area contributed by atoms with Crippen molar-refractivity contribution >= 4 is 5.91 Å². The van der Waals surface area contributed by atoms with Crippen LogP contribution in [0.4, 0.5) is 0 Å². The van der Waals surface area contributed by atoms with E-state index in [1.54, 1.807) is 0 Å². The number of aliphatic hydroxyl groups excluding tert-OH is 1. The maximum atomic E-state index is 12.5. The van der Waals surface area contributed by atoms with Crippen LogP contribution in [0.25, 0.3) is 0 Å². The average molecular weight is 256 g/mol. The molecule has 0 aromatic heterocycles. The molecule has 2 rings (SSSR count). The third-order valence-electron chi connectivity index (χ3n) is 3.88. The Bertz CT molecular complexity index is 309. The Hall–Kier alpha value is -0.650. The minimum Gasteiger partial charge on any atom is -0.391 e. The van der Waals surface area contributed by atoms with Crippen LogP contribution in [-0.2, 0) is 9.53 Å². The second kappa shape index (κ2) is 5.55. The molecule has 5 heteroatoms. The van der Waals surface area contributed by atoms with Crippen molar-refractivity contribution in [3.05, 3.63) is 0 Å². The number of hydrogen-bond donors (Lipinski definition) is 1. The molecule has 104 valence electrons. The molecular weight excluding hydrogens is 232 g/mol. The smallest absolute Gasteiger partial charge is 0.252 e. The molecule has 0 saturated carbocycles. The fraction of sp³-hybridized carbons (Fsp3) is 0.923. The van der Waals surface area contributed by atoms with Crippen molar-refractivity contribution in [1.82, 2.24) is 9.80 Å². The van der Waals surface area contributed by atoms with Gasteiger partial charge in [0.25, 0.3) is 5.91 Å². The Kier molecular flexibility index (Phi) is 4.25. The minimum atomic E-state index is -0.393. The molecular formula is C13H24N2O3. The zero-order valence-corrected chi connectivity index (χ0v) is 11.5. The van der Waals surface area contributed by atoms with E-state index >= 15 is 0 Å². The van der Waals surface area contributed by atoms with E-state index < -0.39 is 6.10 Å². The first-order chi connectivity index (χ1) is 8.49. The van der Waals surface area contributed by atoms with Crippen LogP contribution in [0.2, 0.25) is 0 Å². The van der Waals surface area contributed by atoms with Crippen molar-refractivity contribution in [2.45, 2.75) is 38.0 Å². The van der Waals surface area contributed by atoms with Crippen molar-refractivity contribution < 1.29 is 14.6 Å². The number of carbonyl (C=O) groups is 1. The lowest BCUT2D eigenvalue weighted by Gasteiger charge is -2.29. The Balaban J connectivity index is 2.03. The third kappa shape index (κ3) is 2.84. The first kappa shape index (κ1) is 13.8. The van der Waals surface area contributed by atoms with Gasteiger partial charge in [0.05, 0.1) is 6.10 Å². The van der Waals surface area contributed by atoms with Crippen LogP contribution in [0.15, 0.2) is 0 Å². The number of nitrogens with zero attached hydrogens (tertiary/aromatic N) is 2. The lowest BCUT2D eigenvalue weighted by atomic mass is 10.0. The SMILES string of the molecule is CC1CCOC1C(=O)N1CC(O)CC1CN(C)C. The summed E-state index contributed by atoms with van der Waals surface area (Å²) in [6.07, 6.45) is 0.923. The maximum absolute atomic E-state index is 12.5. The lowest BCUT2D eigenvalue weighted by molar-refractivity contribution is -0.143. The second-order valence-electron chi connectivity index (χ2n) is 5.85. The van der Waals surface area contributed by atoms with Crippen LogP contribution in [0, 0.1) is 5.92 Å². The molecule has 0 aliphatic carbocycles. The highest BCUT2D eigenvalue weighted by Crippen LogP contribution is 2.26. The van der Waals surface area contributed by atoms with Gasteiger partial charge in [-0.2, -0.15) is 0 Å². The number of rotatable bonds is 3. The van der Waals surface area contributed by atoms with Crippen LogP contribution in [0.5, 0.6) is 0 Å². The van der Waals surface area contributed by atoms with Crippen LogP contribution in [-0.4, -0.2) is 72.9 Å². The average Bonchev–Trinajstić information content (AvgIpc) is 2.83. The van der Waals surface area contributed by atoms with E-state index in [4.69, 9.17) is 4.74 Å². The first-order valence-electron chi connectivity index (χ1n) is 6.74. The second-order valence-corrected chi connectivity index (χ2v) is 5.85. The summed E-state index contributed by atoms with van der Waals surface area (Å²) < 4.78 is 5.54. The van der Waals surface area contributed by atoms with Gasteiger partial charge in [0.15, 0.2) is 0 Å². The van der Waals surface area contributed by atoms with Gasteiger partial charge in [-0.15, -0.1) is 0 Å². The van der Waals surface area contributed by atoms with Crippen molar-refractivity contribution in [2.75, 3.05) is 33.8 Å². The van der Waals surface area contributed by atoms with Crippen LogP contribution in [0.3, 0.4) is 0 Å². The molecule has 0 bridgehead atoms. The van der Waals surface area contributed by atoms with Gasteiger partial charge in [0.1, 0.15) is 6.10 Å². The number of aliphatic hydroxyl groups is 1. The van der Waals surface area contributed by atoms with E-state index in [1.807, 2.05) is 19.0 Å². The summed E-state index contributed by atoms with van der Waals surface area (Å²) in [5, 5.41) is 9.79. The topological polar surface area (TPSA) is 53.0 Å². The fourth-order valence-corrected chi connectivity index (χ4v) is 2.93. The Morgan fingerprint density at radius 1 is 1.50 bits per heavy atom. The normalized spacial score (nSPS) is 36.6. The number of ether oxygens (including phenoxy) is 1. The van der Waals surface area contributed by atoms with Crippen LogP contribution in [0.1, 0.15) is 19.8 Å². The molecule has 4 atom stereocenters. The van der Waals surface area contributed by atoms with E-state index in [0.29, 0.717) is 19.6 Å². The largest absolute Gasteiger partial charge is 0.391 e. The van der Waals surface area contributed by atoms with Gasteiger partial charge in [0.2, 0.25) is 0 Å². The molecule has 4 unspecified atom stereocenters. The molecule has 0 spiro atoms. The summed E-state index contributed by atoms with van der Waals surface area (Å²) in [6.45, 7) is 3.98. The number of likely N-dealkylation sites (tertiary alicyclic amines) is 1. The number of amides is 1. The Labute approximate surface area is 109 Å². The number of hydrogen-bond acceptors (Lipinski definition) is 4. The summed E-state index contributed by atoms with van der Waals surface area (Å²) in [5.41, 5.74) is 0. The van der Waals surface area contributed by atoms with Crippen molar-refractivity contribution in [3.8, 4) is 0 Å². The Morgan fingerprint density at radius 3 is 2.78 bits per heavy atom. The monoisotopic (exact) mass is 256 g/mol. The van der Waals surface area contributed by atoms with Gasteiger partial charge in [-0.1, -0.05) is 6.92 Å². The quantitative estimate of drug-likeness (QED) is 0.768. The molecule has 2 aliphatic heterocycles. The van der Waals surface area contributed by atoms with E-state index in [0.717, 1.165) is 13.0 Å². The van der Waals surface area contributed by atoms with Gasteiger partial charge < -0.3 is 19.6 Å². The highest BCUT2D eigenvalue weighted by Gasteiger charge is 2.41. The molecule has 2 heterocycles. The van der Waals surface area contributed by atoms with Crippen LogP contribution >= 0.6 is 0 Å². The molecule has 1 amide bonds. The molecule has 18 heavy (non-hydrogen) atoms. The Morgan fingerprint density at radius 2 is 2.22 bits per heavy atom. The van der Waals surface area contributed by atoms with Crippen molar-refractivity contribution in [1.29, 1.82) is 0 Å². The standard InChI is InChI=1S/C13H24N2O3/c1-9-4-5-18-12(9)13(17)15-8-11(16)6-10(15)7-14(2)3/h9-12,16H,4-8H2,1-3H3. The summed E-state index contributed by atoms with van der Waals surface area (Å²) in [4.78, 5) is 16.3. The summed E-state index contributed by atoms with van der Waals surface area (Å²) in [6, 6.07) is 0.110. The van der Waals surface area contributed by atoms with E-state index in [9.17, 15) is 9.90 Å². The molecule has 0 aromatic carbocycles. The summed E-state index contributed by atoms with van der Waals surface area (Å²) in [7, 11) is 3.98. The van der Waals surface area contributed by atoms with Crippen molar-refractivity contribution in [3.63, 3.8) is 0 Å². The predicted molar refractivity (Wildman–Crippen MR) is 68.2 cm³/mol. The summed E-state index contributed by atoms with van der Waals surface area (Å²) >= 11 is 0. The number of carbonyl (C=O) groups excluding carboxylic acids is 1. The zero-order chi connectivity index (χ0) is 13.3. The van der Waals surface area contributed by atoms with Gasteiger partial charge in [-0.3, -0.25) is 4.79 Å². The van der Waals surface area contributed by atoms with Gasteiger partial charge in [-0.25, -0.2) is 0 Å². The van der Waals surface area contributed by atoms with Crippen molar-refractivity contribution in [2.24, 2.45) is 5.92 Å². The fourth-order valence-electron chi connectivity index (χ4n) is 2.93. The molecule has 2 aliphatic rings. The molecule has 2 fully saturated rings. The van der Waals surface area contributed by atoms with E-state index in [2.05, 4.69) is 11.8 Å². The highest BCUT2D eigenvalue weighted by molar-refractivity contribution is 5.82. The van der Waals surface area contributed by atoms with Gasteiger partial charge in [-0.05, 0) is 32.9 Å². The minimum absolute atomic E-state index is 0.0587. The van der Waals surface area contributed by atoms with Crippen LogP contribution < -0.4 is 0 Å². The lowest BCUT2D eigenvalue weighted by Crippen LogP contribution is -2.47. The molecule has 1 N–H and O–H groups in total. The van der Waals surface area contributed by atoms with E-state index in [1.165, 1.54) is 0 Å². The molecule has 5 nitrogen and oxygen atoms in total. The van der Waals surface area contributed by atoms with Gasteiger partial charge in [0, 0.05) is 25.7 Å². The highest BCUT2D eigenvalue weighted by atomic mass is 16.5. The predicted octanol–water partition coefficient (Wildman–Crippen LogP) is -0.0652. The summed E-state index contributed by atoms with van der Waals surface area (Å²) in [5.74, 6) is 0.346. The first-order valence-corrected chi connectivity index (χ1v) is 6.74.